The number of likely N-dealkylation sites (tertiary alicyclic amines) is 1. The van der Waals surface area contributed by atoms with E-state index in [1.165, 1.54) is 16.5 Å². The van der Waals surface area contributed by atoms with E-state index in [9.17, 15) is 18.0 Å². The molecule has 1 saturated heterocycles. The van der Waals surface area contributed by atoms with Crippen molar-refractivity contribution in [3.63, 3.8) is 0 Å². The normalized spacial score (nSPS) is 16.3. The van der Waals surface area contributed by atoms with Crippen LogP contribution in [0.25, 0.3) is 11.4 Å². The summed E-state index contributed by atoms with van der Waals surface area (Å²) < 4.78 is 52.8. The number of aryl methyl sites for hydroxylation is 3. The second-order valence-corrected chi connectivity index (χ2v) is 10.3. The minimum Gasteiger partial charge on any atom is -0.444 e. The number of hydrogen-bond acceptors (Lipinski definition) is 5. The van der Waals surface area contributed by atoms with Gasteiger partial charge in [0.2, 0.25) is 11.7 Å². The molecule has 0 radical (unpaired) electrons. The van der Waals surface area contributed by atoms with E-state index in [1.54, 1.807) is 26.8 Å². The Morgan fingerprint density at radius 1 is 1.08 bits per heavy atom. The quantitative estimate of drug-likeness (QED) is 0.348. The smallest absolute Gasteiger partial charge is 0.416 e. The van der Waals surface area contributed by atoms with Gasteiger partial charge >= 0.3 is 12.3 Å². The Labute approximate surface area is 214 Å². The summed E-state index contributed by atoms with van der Waals surface area (Å²) in [7, 11) is 0. The Morgan fingerprint density at radius 3 is 2.43 bits per heavy atom. The van der Waals surface area contributed by atoms with E-state index in [1.807, 2.05) is 24.3 Å². The van der Waals surface area contributed by atoms with Gasteiger partial charge in [-0.3, -0.25) is 4.90 Å². The third kappa shape index (κ3) is 6.50. The maximum atomic E-state index is 14.0. The molecule has 0 N–H and O–H groups in total. The first kappa shape index (κ1) is 26.7. The number of ether oxygens (including phenoxy) is 1. The molecule has 1 atom stereocenters. The lowest BCUT2D eigenvalue weighted by atomic mass is 9.96. The number of aromatic nitrogens is 2. The lowest BCUT2D eigenvalue weighted by molar-refractivity contribution is -0.138. The first-order valence-electron chi connectivity index (χ1n) is 12.6. The molecule has 0 unspecified atom stereocenters. The Morgan fingerprint density at radius 2 is 1.78 bits per heavy atom. The van der Waals surface area contributed by atoms with Crippen LogP contribution in [0.5, 0.6) is 0 Å². The van der Waals surface area contributed by atoms with Crippen molar-refractivity contribution >= 4 is 6.09 Å². The molecule has 2 aromatic carbocycles. The molecule has 9 heteroatoms. The van der Waals surface area contributed by atoms with Gasteiger partial charge in [0.15, 0.2) is 0 Å². The van der Waals surface area contributed by atoms with E-state index < -0.39 is 29.5 Å². The fourth-order valence-corrected chi connectivity index (χ4v) is 4.47. The molecule has 3 aromatic rings. The fraction of sp³-hybridized carbons (Fsp3) is 0.464. The lowest BCUT2D eigenvalue weighted by Gasteiger charge is -2.26. The SMILES string of the molecule is CCc1ccc(CCc2ccc(-c3noc([C@@H]4CCCN4C(=O)OC(C)(C)C)n3)cc2C(F)(F)F)cc1. The lowest BCUT2D eigenvalue weighted by Crippen LogP contribution is -2.36. The van der Waals surface area contributed by atoms with Gasteiger partial charge in [0.25, 0.3) is 0 Å². The number of amides is 1. The van der Waals surface area contributed by atoms with Crippen molar-refractivity contribution in [1.82, 2.24) is 15.0 Å². The summed E-state index contributed by atoms with van der Waals surface area (Å²) >= 11 is 0. The van der Waals surface area contributed by atoms with Crippen LogP contribution < -0.4 is 0 Å². The highest BCUT2D eigenvalue weighted by Crippen LogP contribution is 2.37. The number of nitrogens with zero attached hydrogens (tertiary/aromatic N) is 3. The molecule has 198 valence electrons. The largest absolute Gasteiger partial charge is 0.444 e. The van der Waals surface area contributed by atoms with Crippen LogP contribution >= 0.6 is 0 Å². The number of alkyl halides is 3. The molecule has 0 bridgehead atoms. The van der Waals surface area contributed by atoms with Crippen LogP contribution in [0.3, 0.4) is 0 Å². The minimum absolute atomic E-state index is 0.0539. The van der Waals surface area contributed by atoms with Gasteiger partial charge in [0.05, 0.1) is 5.56 Å². The molecule has 37 heavy (non-hydrogen) atoms. The molecule has 0 spiro atoms. The van der Waals surface area contributed by atoms with Gasteiger partial charge in [0.1, 0.15) is 11.6 Å². The number of halogens is 3. The summed E-state index contributed by atoms with van der Waals surface area (Å²) in [6.45, 7) is 7.88. The van der Waals surface area contributed by atoms with Gasteiger partial charge < -0.3 is 9.26 Å². The van der Waals surface area contributed by atoms with Crippen LogP contribution in [0.15, 0.2) is 47.0 Å². The summed E-state index contributed by atoms with van der Waals surface area (Å²) in [6, 6.07) is 11.6. The zero-order chi connectivity index (χ0) is 26.8. The van der Waals surface area contributed by atoms with Crippen LogP contribution in [0.1, 0.15) is 74.7 Å². The second kappa shape index (κ2) is 10.6. The number of rotatable bonds is 6. The number of hydrogen-bond donors (Lipinski definition) is 0. The van der Waals surface area contributed by atoms with E-state index >= 15 is 0 Å². The van der Waals surface area contributed by atoms with E-state index in [2.05, 4.69) is 17.1 Å². The van der Waals surface area contributed by atoms with E-state index in [-0.39, 0.29) is 29.3 Å². The van der Waals surface area contributed by atoms with Crippen LogP contribution in [-0.4, -0.2) is 33.3 Å². The predicted molar refractivity (Wildman–Crippen MR) is 133 cm³/mol. The van der Waals surface area contributed by atoms with Gasteiger partial charge in [-0.2, -0.15) is 18.2 Å². The molecule has 0 saturated carbocycles. The van der Waals surface area contributed by atoms with Crippen molar-refractivity contribution in [2.24, 2.45) is 0 Å². The Bertz CT molecular complexity index is 1230. The fourth-order valence-electron chi connectivity index (χ4n) is 4.47. The molecule has 6 nitrogen and oxygen atoms in total. The minimum atomic E-state index is -4.52. The molecule has 1 aromatic heterocycles. The maximum Gasteiger partial charge on any atom is 0.416 e. The number of benzene rings is 2. The van der Waals surface area contributed by atoms with Gasteiger partial charge in [-0.25, -0.2) is 4.79 Å². The van der Waals surface area contributed by atoms with Crippen LogP contribution in [-0.2, 0) is 30.2 Å². The van der Waals surface area contributed by atoms with E-state index in [0.29, 0.717) is 19.4 Å². The Balaban J connectivity index is 1.54. The maximum absolute atomic E-state index is 14.0. The summed E-state index contributed by atoms with van der Waals surface area (Å²) in [4.78, 5) is 18.5. The molecule has 1 aliphatic rings. The monoisotopic (exact) mass is 515 g/mol. The topological polar surface area (TPSA) is 68.5 Å². The highest BCUT2D eigenvalue weighted by molar-refractivity contribution is 5.69. The van der Waals surface area contributed by atoms with Crippen molar-refractivity contribution in [2.75, 3.05) is 6.54 Å². The zero-order valence-corrected chi connectivity index (χ0v) is 21.6. The van der Waals surface area contributed by atoms with Crippen LogP contribution in [0.2, 0.25) is 0 Å². The summed E-state index contributed by atoms with van der Waals surface area (Å²) in [5.41, 5.74) is 1.24. The third-order valence-electron chi connectivity index (χ3n) is 6.40. The van der Waals surface area contributed by atoms with E-state index in [4.69, 9.17) is 9.26 Å². The molecule has 1 aliphatic heterocycles. The summed E-state index contributed by atoms with van der Waals surface area (Å²) in [5, 5.41) is 3.93. The zero-order valence-electron chi connectivity index (χ0n) is 21.6. The third-order valence-corrected chi connectivity index (χ3v) is 6.40. The molecular formula is C28H32F3N3O3. The molecule has 1 fully saturated rings. The number of carbonyl (C=O) groups is 1. The molecular weight excluding hydrogens is 483 g/mol. The Kier molecular flexibility index (Phi) is 7.62. The predicted octanol–water partition coefficient (Wildman–Crippen LogP) is 7.18. The Hall–Kier alpha value is -3.36. The standard InChI is InChI=1S/C28H32F3N3O3/c1-5-18-8-10-19(11-9-18)12-13-20-14-15-21(17-22(20)28(29,30)31)24-32-25(37-33-24)23-7-6-16-34(23)26(35)36-27(2,3)4/h8-11,14-15,17,23H,5-7,12-13,16H2,1-4H3/t23-/m0/s1. The average Bonchev–Trinajstić information content (AvgIpc) is 3.51. The van der Waals surface area contributed by atoms with Crippen molar-refractivity contribution in [2.45, 2.75) is 77.6 Å². The van der Waals surface area contributed by atoms with Gasteiger partial charge in [0, 0.05) is 12.1 Å². The molecule has 4 rings (SSSR count). The van der Waals surface area contributed by atoms with E-state index in [0.717, 1.165) is 24.5 Å². The number of carbonyl (C=O) groups excluding carboxylic acids is 1. The van der Waals surface area contributed by atoms with Crippen molar-refractivity contribution in [3.8, 4) is 11.4 Å². The first-order valence-corrected chi connectivity index (χ1v) is 12.6. The average molecular weight is 516 g/mol. The highest BCUT2D eigenvalue weighted by atomic mass is 19.4. The first-order chi connectivity index (χ1) is 17.4. The highest BCUT2D eigenvalue weighted by Gasteiger charge is 2.37. The van der Waals surface area contributed by atoms with Gasteiger partial charge in [-0.1, -0.05) is 48.5 Å². The molecule has 0 aliphatic carbocycles. The van der Waals surface area contributed by atoms with Gasteiger partial charge in [-0.05, 0) is 75.6 Å². The van der Waals surface area contributed by atoms with Gasteiger partial charge in [-0.15, -0.1) is 0 Å². The summed E-state index contributed by atoms with van der Waals surface area (Å²) in [6.07, 6.45) is -2.00. The molecule has 2 heterocycles. The second-order valence-electron chi connectivity index (χ2n) is 10.3. The van der Waals surface area contributed by atoms with Crippen molar-refractivity contribution < 1.29 is 27.2 Å². The molecule has 1 amide bonds. The van der Waals surface area contributed by atoms with Crippen LogP contribution in [0.4, 0.5) is 18.0 Å². The van der Waals surface area contributed by atoms with Crippen molar-refractivity contribution in [3.05, 3.63) is 70.6 Å². The summed E-state index contributed by atoms with van der Waals surface area (Å²) in [5.74, 6) is 0.241. The van der Waals surface area contributed by atoms with Crippen molar-refractivity contribution in [1.29, 1.82) is 0 Å². The van der Waals surface area contributed by atoms with Crippen LogP contribution in [0, 0.1) is 0 Å².